The number of oxime groups is 1. The molecule has 1 aliphatic rings. The molecule has 182 valence electrons. The van der Waals surface area contributed by atoms with Gasteiger partial charge >= 0.3 is 5.97 Å². The molecule has 3 aromatic carbocycles. The molecule has 2 N–H and O–H groups in total. The number of carbonyl (C=O) groups is 1. The second kappa shape index (κ2) is 9.50. The maximum absolute atomic E-state index is 11.3. The van der Waals surface area contributed by atoms with Crippen molar-refractivity contribution in [2.24, 2.45) is 5.16 Å². The van der Waals surface area contributed by atoms with Gasteiger partial charge in [-0.15, -0.1) is 0 Å². The number of halogens is 1. The minimum atomic E-state index is -1.00. The molecule has 35 heavy (non-hydrogen) atoms. The van der Waals surface area contributed by atoms with E-state index in [-0.39, 0.29) is 16.4 Å². The van der Waals surface area contributed by atoms with Crippen molar-refractivity contribution < 1.29 is 19.8 Å². The summed E-state index contributed by atoms with van der Waals surface area (Å²) in [6.07, 6.45) is 2.11. The summed E-state index contributed by atoms with van der Waals surface area (Å²) >= 11 is 3.46. The molecule has 6 heteroatoms. The molecule has 0 saturated carbocycles. The summed E-state index contributed by atoms with van der Waals surface area (Å²) in [7, 11) is 0. The predicted molar refractivity (Wildman–Crippen MR) is 141 cm³/mol. The number of aromatic carboxylic acids is 1. The highest BCUT2D eigenvalue weighted by Gasteiger charge is 2.38. The van der Waals surface area contributed by atoms with Crippen molar-refractivity contribution in [2.75, 3.05) is 0 Å². The quantitative estimate of drug-likeness (QED) is 0.197. The molecule has 0 aromatic heterocycles. The molecule has 0 unspecified atom stereocenters. The number of carboxylic acid groups (broad SMARTS) is 1. The number of ether oxygens (including phenoxy) is 1. The van der Waals surface area contributed by atoms with Gasteiger partial charge in [0.05, 0.1) is 5.56 Å². The van der Waals surface area contributed by atoms with Gasteiger partial charge in [0.25, 0.3) is 0 Å². The Morgan fingerprint density at radius 2 is 1.46 bits per heavy atom. The first-order chi connectivity index (χ1) is 16.5. The SMILES string of the molecule is CC1(C)CCC(C)(C)c2cc(C(=NO)c3ccc(C(=O)O)cc3)c(OCc3ccc(Br)cc3)cc21. The number of hydrogen-bond donors (Lipinski definition) is 2. The molecule has 0 amide bonds. The Morgan fingerprint density at radius 1 is 0.914 bits per heavy atom. The van der Waals surface area contributed by atoms with Gasteiger partial charge < -0.3 is 15.1 Å². The van der Waals surface area contributed by atoms with Gasteiger partial charge in [0.15, 0.2) is 0 Å². The van der Waals surface area contributed by atoms with Gasteiger partial charge in [-0.3, -0.25) is 0 Å². The first kappa shape index (κ1) is 25.0. The maximum atomic E-state index is 11.3. The van der Waals surface area contributed by atoms with Crippen LogP contribution in [0.2, 0.25) is 0 Å². The Morgan fingerprint density at radius 3 is 2.00 bits per heavy atom. The van der Waals surface area contributed by atoms with Crippen LogP contribution in [0.4, 0.5) is 0 Å². The molecule has 4 rings (SSSR count). The first-order valence-electron chi connectivity index (χ1n) is 11.6. The smallest absolute Gasteiger partial charge is 0.335 e. The van der Waals surface area contributed by atoms with Gasteiger partial charge in [0.2, 0.25) is 0 Å². The number of fused-ring (bicyclic) bond motifs is 1. The van der Waals surface area contributed by atoms with E-state index in [2.05, 4.69) is 60.9 Å². The molecule has 0 fully saturated rings. The summed E-state index contributed by atoms with van der Waals surface area (Å²) in [5.41, 5.74) is 5.21. The van der Waals surface area contributed by atoms with E-state index in [1.807, 2.05) is 24.3 Å². The average molecular weight is 536 g/mol. The van der Waals surface area contributed by atoms with Crippen LogP contribution in [0.15, 0.2) is 70.3 Å². The number of benzene rings is 3. The lowest BCUT2D eigenvalue weighted by Gasteiger charge is -2.42. The van der Waals surface area contributed by atoms with Crippen LogP contribution >= 0.6 is 15.9 Å². The summed E-state index contributed by atoms with van der Waals surface area (Å²) in [5, 5.41) is 23.0. The first-order valence-corrected chi connectivity index (χ1v) is 12.4. The second-order valence-electron chi connectivity index (χ2n) is 10.4. The van der Waals surface area contributed by atoms with Crippen molar-refractivity contribution in [3.05, 3.63) is 98.5 Å². The standard InChI is InChI=1S/C29H30BrNO4/c1-28(2)13-14-29(3,4)24-16-25(35-17-18-5-11-21(30)12-6-18)22(15-23(24)28)26(31-34)19-7-9-20(10-8-19)27(32)33/h5-12,15-16,34H,13-14,17H2,1-4H3,(H,32,33). The minimum absolute atomic E-state index is 0.0151. The summed E-state index contributed by atoms with van der Waals surface area (Å²) in [6.45, 7) is 9.35. The van der Waals surface area contributed by atoms with E-state index in [1.165, 1.54) is 23.3 Å². The van der Waals surface area contributed by atoms with Gasteiger partial charge in [-0.05, 0) is 76.8 Å². The molecule has 1 aliphatic carbocycles. The average Bonchev–Trinajstić information content (AvgIpc) is 2.83. The highest BCUT2D eigenvalue weighted by molar-refractivity contribution is 9.10. The third-order valence-corrected chi connectivity index (χ3v) is 7.55. The molecule has 0 atom stereocenters. The van der Waals surface area contributed by atoms with Gasteiger partial charge in [-0.2, -0.15) is 0 Å². The minimum Gasteiger partial charge on any atom is -0.488 e. The third kappa shape index (κ3) is 5.13. The zero-order valence-corrected chi connectivity index (χ0v) is 22.0. The number of carboxylic acids is 1. The molecular formula is C29H30BrNO4. The molecule has 0 bridgehead atoms. The third-order valence-electron chi connectivity index (χ3n) is 7.02. The van der Waals surface area contributed by atoms with Crippen molar-refractivity contribution in [3.8, 4) is 5.75 Å². The van der Waals surface area contributed by atoms with Gasteiger partial charge in [0, 0.05) is 15.6 Å². The van der Waals surface area contributed by atoms with Crippen molar-refractivity contribution in [3.63, 3.8) is 0 Å². The van der Waals surface area contributed by atoms with E-state index in [4.69, 9.17) is 4.74 Å². The zero-order valence-electron chi connectivity index (χ0n) is 20.4. The van der Waals surface area contributed by atoms with Crippen LogP contribution in [0.1, 0.15) is 78.7 Å². The highest BCUT2D eigenvalue weighted by Crippen LogP contribution is 2.48. The van der Waals surface area contributed by atoms with Gasteiger partial charge in [-0.1, -0.05) is 73.0 Å². The lowest BCUT2D eigenvalue weighted by molar-refractivity contribution is 0.0697. The van der Waals surface area contributed by atoms with Crippen molar-refractivity contribution >= 4 is 27.6 Å². The van der Waals surface area contributed by atoms with Crippen molar-refractivity contribution in [1.82, 2.24) is 0 Å². The molecule has 5 nitrogen and oxygen atoms in total. The Balaban J connectivity index is 1.84. The van der Waals surface area contributed by atoms with E-state index < -0.39 is 5.97 Å². The Kier molecular flexibility index (Phi) is 6.78. The molecule has 0 heterocycles. The molecule has 0 aliphatic heterocycles. The largest absolute Gasteiger partial charge is 0.488 e. The van der Waals surface area contributed by atoms with Crippen LogP contribution < -0.4 is 4.74 Å². The maximum Gasteiger partial charge on any atom is 0.335 e. The van der Waals surface area contributed by atoms with Crippen molar-refractivity contribution in [1.29, 1.82) is 0 Å². The van der Waals surface area contributed by atoms with Crippen LogP contribution in [0.3, 0.4) is 0 Å². The normalized spacial score (nSPS) is 16.4. The summed E-state index contributed by atoms with van der Waals surface area (Å²) in [4.78, 5) is 11.3. The Labute approximate surface area is 214 Å². The van der Waals surface area contributed by atoms with Crippen LogP contribution in [-0.4, -0.2) is 22.0 Å². The van der Waals surface area contributed by atoms with Crippen LogP contribution in [0, 0.1) is 0 Å². The molecule has 0 spiro atoms. The van der Waals surface area contributed by atoms with Crippen molar-refractivity contribution in [2.45, 2.75) is 58.0 Å². The summed E-state index contributed by atoms with van der Waals surface area (Å²) in [6, 6.07) is 18.5. The van der Waals surface area contributed by atoms with Crippen LogP contribution in [0.25, 0.3) is 0 Å². The number of rotatable bonds is 6. The van der Waals surface area contributed by atoms with E-state index >= 15 is 0 Å². The zero-order chi connectivity index (χ0) is 25.4. The Hall–Kier alpha value is -3.12. The van der Waals surface area contributed by atoms with Crippen LogP contribution in [0.5, 0.6) is 5.75 Å². The lowest BCUT2D eigenvalue weighted by Crippen LogP contribution is -2.34. The summed E-state index contributed by atoms with van der Waals surface area (Å²) < 4.78 is 7.35. The number of nitrogens with zero attached hydrogens (tertiary/aromatic N) is 1. The molecular weight excluding hydrogens is 506 g/mol. The predicted octanol–water partition coefficient (Wildman–Crippen LogP) is 7.30. The number of hydrogen-bond acceptors (Lipinski definition) is 4. The second-order valence-corrected chi connectivity index (χ2v) is 11.3. The fourth-order valence-corrected chi connectivity index (χ4v) is 4.94. The molecule has 3 aromatic rings. The van der Waals surface area contributed by atoms with E-state index in [0.717, 1.165) is 22.9 Å². The Bertz CT molecular complexity index is 1280. The van der Waals surface area contributed by atoms with E-state index in [0.29, 0.717) is 29.2 Å². The van der Waals surface area contributed by atoms with Crippen LogP contribution in [-0.2, 0) is 17.4 Å². The van der Waals surface area contributed by atoms with Gasteiger partial charge in [0.1, 0.15) is 18.1 Å². The monoisotopic (exact) mass is 535 g/mol. The topological polar surface area (TPSA) is 79.1 Å². The molecule has 0 radical (unpaired) electrons. The fraction of sp³-hybridized carbons (Fsp3) is 0.310. The van der Waals surface area contributed by atoms with E-state index in [1.54, 1.807) is 12.1 Å². The molecule has 0 saturated heterocycles. The van der Waals surface area contributed by atoms with E-state index in [9.17, 15) is 15.1 Å². The lowest BCUT2D eigenvalue weighted by atomic mass is 9.62. The van der Waals surface area contributed by atoms with Gasteiger partial charge in [-0.25, -0.2) is 4.79 Å². The fourth-order valence-electron chi connectivity index (χ4n) is 4.68. The highest BCUT2D eigenvalue weighted by atomic mass is 79.9. The summed E-state index contributed by atoms with van der Waals surface area (Å²) in [5.74, 6) is -0.372.